The summed E-state index contributed by atoms with van der Waals surface area (Å²) in [6.07, 6.45) is 3.52. The number of oxazole rings is 1. The number of hydrogen-bond donors (Lipinski definition) is 0. The lowest BCUT2D eigenvalue weighted by Gasteiger charge is -1.93. The Balaban J connectivity index is 2.17. The molecule has 0 bridgehead atoms. The van der Waals surface area contributed by atoms with Crippen molar-refractivity contribution in [1.82, 2.24) is 4.98 Å². The van der Waals surface area contributed by atoms with Crippen LogP contribution in [0.5, 0.6) is 0 Å². The van der Waals surface area contributed by atoms with Gasteiger partial charge in [-0.05, 0) is 30.4 Å². The van der Waals surface area contributed by atoms with Crippen LogP contribution >= 0.6 is 22.9 Å². The fourth-order valence-electron chi connectivity index (χ4n) is 1.37. The highest BCUT2D eigenvalue weighted by molar-refractivity contribution is 7.13. The van der Waals surface area contributed by atoms with Crippen molar-refractivity contribution in [3.8, 4) is 10.6 Å². The molecule has 0 atom stereocenters. The van der Waals surface area contributed by atoms with E-state index in [0.717, 1.165) is 24.5 Å². The third-order valence-corrected chi connectivity index (χ3v) is 3.46. The third-order valence-electron chi connectivity index (χ3n) is 2.16. The summed E-state index contributed by atoms with van der Waals surface area (Å²) in [5.74, 6) is 2.29. The Morgan fingerprint density at radius 2 is 2.40 bits per heavy atom. The fraction of sp³-hybridized carbons (Fsp3) is 0.364. The Bertz CT molecular complexity index is 435. The highest BCUT2D eigenvalue weighted by atomic mass is 35.5. The van der Waals surface area contributed by atoms with E-state index >= 15 is 0 Å². The zero-order valence-corrected chi connectivity index (χ0v) is 10.1. The smallest absolute Gasteiger partial charge is 0.194 e. The summed E-state index contributed by atoms with van der Waals surface area (Å²) in [5.41, 5.74) is 1.24. The molecule has 0 amide bonds. The Kier molecular flexibility index (Phi) is 3.44. The number of thiophene rings is 1. The molecule has 0 N–H and O–H groups in total. The Morgan fingerprint density at radius 3 is 3.07 bits per heavy atom. The summed E-state index contributed by atoms with van der Waals surface area (Å²) in [6, 6.07) is 2.08. The van der Waals surface area contributed by atoms with Gasteiger partial charge in [0.15, 0.2) is 11.7 Å². The van der Waals surface area contributed by atoms with Crippen molar-refractivity contribution >= 4 is 22.9 Å². The molecular weight excluding hydrogens is 230 g/mol. The molecule has 0 aromatic carbocycles. The summed E-state index contributed by atoms with van der Waals surface area (Å²) in [4.78, 5) is 5.40. The average Bonchev–Trinajstić information content (AvgIpc) is 2.83. The van der Waals surface area contributed by atoms with Crippen LogP contribution in [0, 0.1) is 6.92 Å². The minimum absolute atomic E-state index is 0.649. The van der Waals surface area contributed by atoms with Crippen molar-refractivity contribution in [2.75, 3.05) is 5.88 Å². The van der Waals surface area contributed by atoms with Crippen LogP contribution < -0.4 is 0 Å². The van der Waals surface area contributed by atoms with Crippen molar-refractivity contribution in [3.05, 3.63) is 29.1 Å². The molecule has 2 nitrogen and oxygen atoms in total. The van der Waals surface area contributed by atoms with E-state index in [-0.39, 0.29) is 0 Å². The van der Waals surface area contributed by atoms with E-state index in [1.54, 1.807) is 17.5 Å². The zero-order valence-electron chi connectivity index (χ0n) is 8.50. The van der Waals surface area contributed by atoms with Crippen LogP contribution in [-0.2, 0) is 6.42 Å². The predicted octanol–water partition coefficient (Wildman–Crippen LogP) is 3.88. The minimum Gasteiger partial charge on any atom is -0.440 e. The molecule has 2 aromatic heterocycles. The topological polar surface area (TPSA) is 26.0 Å². The molecule has 2 aromatic rings. The lowest BCUT2D eigenvalue weighted by atomic mass is 10.2. The van der Waals surface area contributed by atoms with E-state index in [1.807, 2.05) is 0 Å². The highest BCUT2D eigenvalue weighted by Crippen LogP contribution is 2.29. The first-order chi connectivity index (χ1) is 7.31. The van der Waals surface area contributed by atoms with Gasteiger partial charge in [0.05, 0.1) is 11.1 Å². The van der Waals surface area contributed by atoms with Gasteiger partial charge >= 0.3 is 0 Å². The lowest BCUT2D eigenvalue weighted by molar-refractivity contribution is 0.504. The maximum absolute atomic E-state index is 5.65. The molecule has 0 unspecified atom stereocenters. The van der Waals surface area contributed by atoms with Crippen LogP contribution in [-0.4, -0.2) is 10.9 Å². The van der Waals surface area contributed by atoms with Crippen LogP contribution in [0.2, 0.25) is 0 Å². The molecule has 0 aliphatic carbocycles. The zero-order chi connectivity index (χ0) is 10.7. The summed E-state index contributed by atoms with van der Waals surface area (Å²) in [7, 11) is 0. The van der Waals surface area contributed by atoms with E-state index < -0.39 is 0 Å². The summed E-state index contributed by atoms with van der Waals surface area (Å²) < 4.78 is 5.65. The van der Waals surface area contributed by atoms with Gasteiger partial charge in [-0.2, -0.15) is 0 Å². The molecule has 0 fully saturated rings. The van der Waals surface area contributed by atoms with Gasteiger partial charge in [-0.1, -0.05) is 0 Å². The number of alkyl halides is 1. The number of halogens is 1. The Morgan fingerprint density at radius 1 is 1.53 bits per heavy atom. The van der Waals surface area contributed by atoms with Gasteiger partial charge in [0, 0.05) is 12.3 Å². The molecule has 2 heterocycles. The molecule has 0 spiro atoms. The van der Waals surface area contributed by atoms with Crippen molar-refractivity contribution < 1.29 is 4.42 Å². The normalized spacial score (nSPS) is 10.8. The molecule has 0 saturated carbocycles. The Labute approximate surface area is 97.9 Å². The molecule has 0 aliphatic heterocycles. The quantitative estimate of drug-likeness (QED) is 0.760. The maximum atomic E-state index is 5.65. The van der Waals surface area contributed by atoms with Gasteiger partial charge in [-0.3, -0.25) is 0 Å². The van der Waals surface area contributed by atoms with E-state index in [9.17, 15) is 0 Å². The monoisotopic (exact) mass is 241 g/mol. The first kappa shape index (κ1) is 10.7. The molecule has 0 aliphatic rings. The van der Waals surface area contributed by atoms with Gasteiger partial charge in [-0.15, -0.1) is 22.9 Å². The molecule has 0 radical (unpaired) electrons. The van der Waals surface area contributed by atoms with E-state index in [0.29, 0.717) is 5.88 Å². The van der Waals surface area contributed by atoms with E-state index in [1.165, 1.54) is 10.4 Å². The van der Waals surface area contributed by atoms with Crippen LogP contribution in [0.15, 0.2) is 22.1 Å². The number of rotatable bonds is 4. The fourth-order valence-corrected chi connectivity index (χ4v) is 2.38. The van der Waals surface area contributed by atoms with Crippen LogP contribution in [0.25, 0.3) is 10.6 Å². The van der Waals surface area contributed by atoms with Gasteiger partial charge < -0.3 is 4.42 Å². The minimum atomic E-state index is 0.649. The molecule has 0 saturated heterocycles. The second kappa shape index (κ2) is 4.81. The van der Waals surface area contributed by atoms with E-state index in [2.05, 4.69) is 23.4 Å². The van der Waals surface area contributed by atoms with Gasteiger partial charge in [-0.25, -0.2) is 4.98 Å². The maximum Gasteiger partial charge on any atom is 0.194 e. The number of nitrogens with zero attached hydrogens (tertiary/aromatic N) is 1. The van der Waals surface area contributed by atoms with Gasteiger partial charge in [0.25, 0.3) is 0 Å². The second-order valence-electron chi connectivity index (χ2n) is 3.34. The van der Waals surface area contributed by atoms with Crippen LogP contribution in [0.4, 0.5) is 0 Å². The van der Waals surface area contributed by atoms with Gasteiger partial charge in [0.2, 0.25) is 0 Å². The van der Waals surface area contributed by atoms with Gasteiger partial charge in [0.1, 0.15) is 0 Å². The number of hydrogen-bond acceptors (Lipinski definition) is 3. The average molecular weight is 242 g/mol. The first-order valence-electron chi connectivity index (χ1n) is 4.86. The standard InChI is InChI=1S/C11H12ClNOS/c1-8-4-6-15-11(8)9-7-13-10(14-9)3-2-5-12/h4,6-7H,2-3,5H2,1H3. The first-order valence-corrected chi connectivity index (χ1v) is 6.28. The molecular formula is C11H12ClNOS. The molecule has 2 rings (SSSR count). The summed E-state index contributed by atoms with van der Waals surface area (Å²) >= 11 is 7.30. The lowest BCUT2D eigenvalue weighted by Crippen LogP contribution is -1.84. The van der Waals surface area contributed by atoms with Crippen molar-refractivity contribution in [2.24, 2.45) is 0 Å². The number of aryl methyl sites for hydroxylation is 2. The van der Waals surface area contributed by atoms with Crippen molar-refractivity contribution in [2.45, 2.75) is 19.8 Å². The molecule has 80 valence electrons. The summed E-state index contributed by atoms with van der Waals surface area (Å²) in [5, 5.41) is 2.06. The van der Waals surface area contributed by atoms with Crippen LogP contribution in [0.1, 0.15) is 17.9 Å². The number of aromatic nitrogens is 1. The van der Waals surface area contributed by atoms with Crippen molar-refractivity contribution in [3.63, 3.8) is 0 Å². The van der Waals surface area contributed by atoms with Crippen molar-refractivity contribution in [1.29, 1.82) is 0 Å². The Hall–Kier alpha value is -0.800. The molecule has 15 heavy (non-hydrogen) atoms. The third kappa shape index (κ3) is 2.41. The second-order valence-corrected chi connectivity index (χ2v) is 4.64. The largest absolute Gasteiger partial charge is 0.440 e. The highest BCUT2D eigenvalue weighted by Gasteiger charge is 2.09. The SMILES string of the molecule is Cc1ccsc1-c1cnc(CCCCl)o1. The summed E-state index contributed by atoms with van der Waals surface area (Å²) in [6.45, 7) is 2.08. The van der Waals surface area contributed by atoms with E-state index in [4.69, 9.17) is 16.0 Å². The molecule has 4 heteroatoms. The predicted molar refractivity (Wildman–Crippen MR) is 63.6 cm³/mol. The van der Waals surface area contributed by atoms with Crippen LogP contribution in [0.3, 0.4) is 0 Å².